The van der Waals surface area contributed by atoms with Gasteiger partial charge in [-0.2, -0.15) is 0 Å². The molecule has 3 aliphatic rings. The fraction of sp³-hybridized carbons (Fsp3) is 0.333. The zero-order chi connectivity index (χ0) is 15.8. The SMILES string of the molecule is CC1(C)C2=C(c3ccc(Cl)cc31)c1oc3c(c1CC2)CCC=C3. The maximum Gasteiger partial charge on any atom is 0.138 e. The van der Waals surface area contributed by atoms with Gasteiger partial charge in [-0.25, -0.2) is 0 Å². The van der Waals surface area contributed by atoms with E-state index in [1.54, 1.807) is 0 Å². The highest BCUT2D eigenvalue weighted by molar-refractivity contribution is 6.30. The molecule has 0 aliphatic heterocycles. The Morgan fingerprint density at radius 1 is 1.09 bits per heavy atom. The Bertz CT molecular complexity index is 908. The third-order valence-electron chi connectivity index (χ3n) is 5.81. The van der Waals surface area contributed by atoms with Crippen LogP contribution in [0.1, 0.15) is 60.5 Å². The fourth-order valence-corrected chi connectivity index (χ4v) is 4.82. The fourth-order valence-electron chi connectivity index (χ4n) is 4.65. The van der Waals surface area contributed by atoms with Crippen LogP contribution >= 0.6 is 11.6 Å². The van der Waals surface area contributed by atoms with Crippen molar-refractivity contribution < 1.29 is 4.42 Å². The van der Waals surface area contributed by atoms with E-state index < -0.39 is 0 Å². The molecule has 1 nitrogen and oxygen atoms in total. The van der Waals surface area contributed by atoms with Gasteiger partial charge in [-0.15, -0.1) is 0 Å². The Morgan fingerprint density at radius 2 is 1.96 bits per heavy atom. The number of halogens is 1. The lowest BCUT2D eigenvalue weighted by molar-refractivity contribution is 0.528. The number of rotatable bonds is 0. The van der Waals surface area contributed by atoms with Gasteiger partial charge in [0.2, 0.25) is 0 Å². The van der Waals surface area contributed by atoms with Gasteiger partial charge in [-0.05, 0) is 60.6 Å². The highest BCUT2D eigenvalue weighted by Gasteiger charge is 2.42. The van der Waals surface area contributed by atoms with Crippen LogP contribution in [0.25, 0.3) is 11.6 Å². The van der Waals surface area contributed by atoms with Crippen molar-refractivity contribution in [3.8, 4) is 0 Å². The van der Waals surface area contributed by atoms with Gasteiger partial charge >= 0.3 is 0 Å². The van der Waals surface area contributed by atoms with E-state index in [1.807, 2.05) is 6.07 Å². The summed E-state index contributed by atoms with van der Waals surface area (Å²) in [7, 11) is 0. The summed E-state index contributed by atoms with van der Waals surface area (Å²) in [6.07, 6.45) is 8.84. The van der Waals surface area contributed by atoms with Crippen molar-refractivity contribution in [3.63, 3.8) is 0 Å². The van der Waals surface area contributed by atoms with E-state index >= 15 is 0 Å². The number of benzene rings is 1. The average Bonchev–Trinajstić information content (AvgIpc) is 3.02. The first-order valence-corrected chi connectivity index (χ1v) is 8.80. The topological polar surface area (TPSA) is 13.1 Å². The van der Waals surface area contributed by atoms with Crippen molar-refractivity contribution in [2.75, 3.05) is 0 Å². The molecule has 116 valence electrons. The van der Waals surface area contributed by atoms with Crippen LogP contribution in [0, 0.1) is 0 Å². The number of hydrogen-bond donors (Lipinski definition) is 0. The number of allylic oxidation sites excluding steroid dienone is 2. The van der Waals surface area contributed by atoms with Crippen molar-refractivity contribution in [1.29, 1.82) is 0 Å². The first kappa shape index (κ1) is 13.7. The van der Waals surface area contributed by atoms with Crippen LogP contribution in [0.3, 0.4) is 0 Å². The molecule has 2 heteroatoms. The standard InChI is InChI=1S/C21H19ClO/c1-21(2)16-10-9-14-13-5-3-4-6-18(13)23-20(14)19(16)15-8-7-12(22)11-17(15)21/h4,6-8,11H,3,5,9-10H2,1-2H3. The monoisotopic (exact) mass is 322 g/mol. The van der Waals surface area contributed by atoms with E-state index in [4.69, 9.17) is 16.0 Å². The molecule has 1 aromatic carbocycles. The van der Waals surface area contributed by atoms with E-state index in [0.29, 0.717) is 0 Å². The molecular formula is C21H19ClO. The van der Waals surface area contributed by atoms with Crippen LogP contribution in [0.2, 0.25) is 5.02 Å². The summed E-state index contributed by atoms with van der Waals surface area (Å²) in [4.78, 5) is 0. The molecule has 0 saturated carbocycles. The molecule has 0 radical (unpaired) electrons. The minimum atomic E-state index is 0.0381. The first-order valence-electron chi connectivity index (χ1n) is 8.43. The minimum Gasteiger partial charge on any atom is -0.456 e. The summed E-state index contributed by atoms with van der Waals surface area (Å²) in [5.41, 5.74) is 8.42. The Balaban J connectivity index is 1.81. The molecule has 0 fully saturated rings. The largest absolute Gasteiger partial charge is 0.456 e. The van der Waals surface area contributed by atoms with Crippen molar-refractivity contribution in [3.05, 3.63) is 68.6 Å². The maximum absolute atomic E-state index is 6.35. The molecule has 23 heavy (non-hydrogen) atoms. The van der Waals surface area contributed by atoms with E-state index in [2.05, 4.69) is 38.1 Å². The molecule has 0 N–H and O–H groups in total. The lowest BCUT2D eigenvalue weighted by Gasteiger charge is -2.26. The van der Waals surface area contributed by atoms with Gasteiger partial charge in [0.15, 0.2) is 0 Å². The molecule has 1 heterocycles. The average molecular weight is 323 g/mol. The molecule has 0 amide bonds. The summed E-state index contributed by atoms with van der Waals surface area (Å²) >= 11 is 6.28. The van der Waals surface area contributed by atoms with Crippen LogP contribution in [-0.4, -0.2) is 0 Å². The molecule has 0 unspecified atom stereocenters. The Hall–Kier alpha value is -1.73. The lowest BCUT2D eigenvalue weighted by atomic mass is 9.77. The summed E-state index contributed by atoms with van der Waals surface area (Å²) in [5, 5.41) is 0.818. The molecule has 2 aromatic rings. The molecule has 5 rings (SSSR count). The van der Waals surface area contributed by atoms with E-state index in [0.717, 1.165) is 42.2 Å². The lowest BCUT2D eigenvalue weighted by Crippen LogP contribution is -2.19. The summed E-state index contributed by atoms with van der Waals surface area (Å²) in [6, 6.07) is 6.31. The van der Waals surface area contributed by atoms with E-state index in [-0.39, 0.29) is 5.41 Å². The Morgan fingerprint density at radius 3 is 2.83 bits per heavy atom. The summed E-state index contributed by atoms with van der Waals surface area (Å²) in [6.45, 7) is 4.64. The minimum absolute atomic E-state index is 0.0381. The zero-order valence-corrected chi connectivity index (χ0v) is 14.3. The van der Waals surface area contributed by atoms with Crippen LogP contribution < -0.4 is 0 Å². The van der Waals surface area contributed by atoms with Gasteiger partial charge in [0, 0.05) is 27.1 Å². The quantitative estimate of drug-likeness (QED) is 0.585. The predicted octanol–water partition coefficient (Wildman–Crippen LogP) is 5.93. The van der Waals surface area contributed by atoms with Crippen LogP contribution in [0.15, 0.2) is 34.3 Å². The molecule has 0 saturated heterocycles. The van der Waals surface area contributed by atoms with Gasteiger partial charge in [0.05, 0.1) is 0 Å². The predicted molar refractivity (Wildman–Crippen MR) is 94.9 cm³/mol. The Labute approximate surface area is 141 Å². The second-order valence-corrected chi connectivity index (χ2v) is 7.80. The smallest absolute Gasteiger partial charge is 0.138 e. The maximum atomic E-state index is 6.35. The van der Waals surface area contributed by atoms with Gasteiger partial charge in [-0.1, -0.05) is 37.6 Å². The van der Waals surface area contributed by atoms with Gasteiger partial charge in [-0.3, -0.25) is 0 Å². The third-order valence-corrected chi connectivity index (χ3v) is 6.05. The second kappa shape index (κ2) is 4.42. The second-order valence-electron chi connectivity index (χ2n) is 7.36. The number of hydrogen-bond acceptors (Lipinski definition) is 1. The van der Waals surface area contributed by atoms with Gasteiger partial charge < -0.3 is 4.42 Å². The highest BCUT2D eigenvalue weighted by Crippen LogP contribution is 2.54. The molecule has 0 atom stereocenters. The van der Waals surface area contributed by atoms with Crippen molar-refractivity contribution in [2.45, 2.75) is 44.9 Å². The first-order chi connectivity index (χ1) is 11.1. The van der Waals surface area contributed by atoms with Crippen molar-refractivity contribution in [2.24, 2.45) is 0 Å². The molecular weight excluding hydrogens is 304 g/mol. The summed E-state index contributed by atoms with van der Waals surface area (Å²) in [5.74, 6) is 2.20. The zero-order valence-electron chi connectivity index (χ0n) is 13.5. The number of furan rings is 1. The van der Waals surface area contributed by atoms with Gasteiger partial charge in [0.25, 0.3) is 0 Å². The summed E-state index contributed by atoms with van der Waals surface area (Å²) < 4.78 is 6.35. The third kappa shape index (κ3) is 1.69. The molecule has 1 aromatic heterocycles. The number of fused-ring (bicyclic) bond motifs is 6. The van der Waals surface area contributed by atoms with Crippen LogP contribution in [0.4, 0.5) is 0 Å². The van der Waals surface area contributed by atoms with Crippen molar-refractivity contribution >= 4 is 23.3 Å². The van der Waals surface area contributed by atoms with Crippen LogP contribution in [-0.2, 0) is 18.3 Å². The van der Waals surface area contributed by atoms with E-state index in [1.165, 1.54) is 33.4 Å². The molecule has 0 bridgehead atoms. The van der Waals surface area contributed by atoms with Crippen molar-refractivity contribution in [1.82, 2.24) is 0 Å². The van der Waals surface area contributed by atoms with Gasteiger partial charge in [0.1, 0.15) is 11.5 Å². The highest BCUT2D eigenvalue weighted by atomic mass is 35.5. The Kier molecular flexibility index (Phi) is 2.63. The van der Waals surface area contributed by atoms with Crippen LogP contribution in [0.5, 0.6) is 0 Å². The molecule has 0 spiro atoms. The normalized spacial score (nSPS) is 20.1. The molecule has 3 aliphatic carbocycles. The van der Waals surface area contributed by atoms with E-state index in [9.17, 15) is 0 Å².